The third-order valence-electron chi connectivity index (χ3n) is 3.14. The van der Waals surface area contributed by atoms with Crippen LogP contribution in [0, 0.1) is 0 Å². The topological polar surface area (TPSA) is 47.3 Å². The molecule has 1 aromatic carbocycles. The van der Waals surface area contributed by atoms with Crippen LogP contribution in [0.2, 0.25) is 0 Å². The Morgan fingerprint density at radius 3 is 2.75 bits per heavy atom. The summed E-state index contributed by atoms with van der Waals surface area (Å²) in [6.45, 7) is 4.81. The molecule has 2 rings (SSSR count). The van der Waals surface area contributed by atoms with Crippen LogP contribution in [0.3, 0.4) is 0 Å². The van der Waals surface area contributed by atoms with E-state index in [-0.39, 0.29) is 5.54 Å². The molecule has 3 heteroatoms. The normalized spacial score (nSPS) is 25.6. The number of nitrogen functional groups attached to an aromatic ring is 1. The molecule has 0 amide bonds. The highest BCUT2D eigenvalue weighted by atomic mass is 16.5. The van der Waals surface area contributed by atoms with Crippen molar-refractivity contribution in [2.75, 3.05) is 18.9 Å². The molecule has 16 heavy (non-hydrogen) atoms. The average Bonchev–Trinajstić information content (AvgIpc) is 2.29. The lowest BCUT2D eigenvalue weighted by Gasteiger charge is -2.34. The van der Waals surface area contributed by atoms with E-state index in [9.17, 15) is 0 Å². The van der Waals surface area contributed by atoms with Crippen LogP contribution in [0.4, 0.5) is 5.69 Å². The Labute approximate surface area is 97.0 Å². The summed E-state index contributed by atoms with van der Waals surface area (Å²) in [6.07, 6.45) is 2.33. The van der Waals surface area contributed by atoms with Gasteiger partial charge in [0, 0.05) is 24.4 Å². The molecule has 3 N–H and O–H groups in total. The fraction of sp³-hybridized carbons (Fsp3) is 0.538. The maximum atomic E-state index is 5.65. The average molecular weight is 220 g/mol. The predicted molar refractivity (Wildman–Crippen MR) is 66.2 cm³/mol. The predicted octanol–water partition coefficient (Wildman–Crippen LogP) is 1.93. The van der Waals surface area contributed by atoms with Crippen LogP contribution in [0.25, 0.3) is 0 Å². The Bertz CT molecular complexity index is 328. The van der Waals surface area contributed by atoms with Crippen molar-refractivity contribution in [3.63, 3.8) is 0 Å². The van der Waals surface area contributed by atoms with E-state index < -0.39 is 0 Å². The first-order valence-corrected chi connectivity index (χ1v) is 5.85. The van der Waals surface area contributed by atoms with Gasteiger partial charge in [-0.1, -0.05) is 12.1 Å². The Morgan fingerprint density at radius 2 is 2.12 bits per heavy atom. The number of hydrogen-bond donors (Lipinski definition) is 2. The van der Waals surface area contributed by atoms with Crippen molar-refractivity contribution in [3.05, 3.63) is 29.8 Å². The Morgan fingerprint density at radius 1 is 1.38 bits per heavy atom. The molecule has 0 saturated carbocycles. The van der Waals surface area contributed by atoms with Crippen LogP contribution in [-0.4, -0.2) is 18.8 Å². The van der Waals surface area contributed by atoms with E-state index in [2.05, 4.69) is 24.4 Å². The maximum absolute atomic E-state index is 5.65. The van der Waals surface area contributed by atoms with Gasteiger partial charge in [-0.25, -0.2) is 0 Å². The number of nitrogens with two attached hydrogens (primary N) is 1. The van der Waals surface area contributed by atoms with Gasteiger partial charge in [-0.05, 0) is 37.5 Å². The summed E-state index contributed by atoms with van der Waals surface area (Å²) in [7, 11) is 0. The maximum Gasteiger partial charge on any atom is 0.0645 e. The molecule has 1 atom stereocenters. The SMILES string of the molecule is CC1(NCc2ccc(N)cc2)CCCOC1. The molecule has 3 nitrogen and oxygen atoms in total. The fourth-order valence-corrected chi connectivity index (χ4v) is 2.02. The van der Waals surface area contributed by atoms with Crippen LogP contribution in [-0.2, 0) is 11.3 Å². The molecule has 88 valence electrons. The van der Waals surface area contributed by atoms with E-state index in [0.29, 0.717) is 0 Å². The van der Waals surface area contributed by atoms with Gasteiger partial charge in [0.2, 0.25) is 0 Å². The zero-order valence-corrected chi connectivity index (χ0v) is 9.83. The second-order valence-electron chi connectivity index (χ2n) is 4.81. The summed E-state index contributed by atoms with van der Waals surface area (Å²) >= 11 is 0. The van der Waals surface area contributed by atoms with Crippen LogP contribution < -0.4 is 11.1 Å². The highest BCUT2D eigenvalue weighted by Crippen LogP contribution is 2.19. The molecule has 1 unspecified atom stereocenters. The molecule has 1 aliphatic heterocycles. The van der Waals surface area contributed by atoms with Gasteiger partial charge < -0.3 is 15.8 Å². The van der Waals surface area contributed by atoms with Crippen molar-refractivity contribution in [2.45, 2.75) is 31.8 Å². The van der Waals surface area contributed by atoms with Crippen molar-refractivity contribution < 1.29 is 4.74 Å². The van der Waals surface area contributed by atoms with Crippen molar-refractivity contribution >= 4 is 5.69 Å². The molecule has 1 aliphatic rings. The van der Waals surface area contributed by atoms with Gasteiger partial charge in [0.05, 0.1) is 6.61 Å². The zero-order chi connectivity index (χ0) is 11.4. The van der Waals surface area contributed by atoms with Crippen LogP contribution in [0.5, 0.6) is 0 Å². The molecule has 0 spiro atoms. The number of nitrogens with one attached hydrogen (secondary N) is 1. The van der Waals surface area contributed by atoms with Gasteiger partial charge in [-0.2, -0.15) is 0 Å². The molecule has 0 bridgehead atoms. The third-order valence-corrected chi connectivity index (χ3v) is 3.14. The molecule has 0 aromatic heterocycles. The third kappa shape index (κ3) is 2.97. The number of anilines is 1. The van der Waals surface area contributed by atoms with E-state index in [0.717, 1.165) is 31.9 Å². The van der Waals surface area contributed by atoms with E-state index >= 15 is 0 Å². The first-order chi connectivity index (χ1) is 7.68. The highest BCUT2D eigenvalue weighted by Gasteiger charge is 2.26. The summed E-state index contributed by atoms with van der Waals surface area (Å²) in [6, 6.07) is 8.01. The van der Waals surface area contributed by atoms with Crippen LogP contribution >= 0.6 is 0 Å². The lowest BCUT2D eigenvalue weighted by atomic mass is 9.94. The van der Waals surface area contributed by atoms with Gasteiger partial charge in [0.1, 0.15) is 0 Å². The Kier molecular flexibility index (Phi) is 3.46. The van der Waals surface area contributed by atoms with Gasteiger partial charge in [0.15, 0.2) is 0 Å². The first-order valence-electron chi connectivity index (χ1n) is 5.85. The molecule has 1 heterocycles. The molecular formula is C13H20N2O. The largest absolute Gasteiger partial charge is 0.399 e. The highest BCUT2D eigenvalue weighted by molar-refractivity contribution is 5.39. The van der Waals surface area contributed by atoms with E-state index in [4.69, 9.17) is 10.5 Å². The van der Waals surface area contributed by atoms with Crippen molar-refractivity contribution in [1.29, 1.82) is 0 Å². The first kappa shape index (κ1) is 11.4. The summed E-state index contributed by atoms with van der Waals surface area (Å²) in [5.74, 6) is 0. The fourth-order valence-electron chi connectivity index (χ4n) is 2.02. The number of benzene rings is 1. The van der Waals surface area contributed by atoms with Crippen molar-refractivity contribution in [2.24, 2.45) is 0 Å². The molecular weight excluding hydrogens is 200 g/mol. The second-order valence-corrected chi connectivity index (χ2v) is 4.81. The number of rotatable bonds is 3. The molecule has 1 saturated heterocycles. The smallest absolute Gasteiger partial charge is 0.0645 e. The van der Waals surface area contributed by atoms with Gasteiger partial charge >= 0.3 is 0 Å². The minimum absolute atomic E-state index is 0.125. The minimum Gasteiger partial charge on any atom is -0.399 e. The number of ether oxygens (including phenoxy) is 1. The van der Waals surface area contributed by atoms with Gasteiger partial charge in [0.25, 0.3) is 0 Å². The summed E-state index contributed by atoms with van der Waals surface area (Å²) in [4.78, 5) is 0. The summed E-state index contributed by atoms with van der Waals surface area (Å²) in [5, 5.41) is 3.57. The summed E-state index contributed by atoms with van der Waals surface area (Å²) in [5.41, 5.74) is 7.86. The summed E-state index contributed by atoms with van der Waals surface area (Å²) < 4.78 is 5.51. The van der Waals surface area contributed by atoms with Gasteiger partial charge in [-0.3, -0.25) is 0 Å². The zero-order valence-electron chi connectivity index (χ0n) is 9.83. The number of hydrogen-bond acceptors (Lipinski definition) is 3. The molecule has 0 aliphatic carbocycles. The monoisotopic (exact) mass is 220 g/mol. The Hall–Kier alpha value is -1.06. The second kappa shape index (κ2) is 4.85. The van der Waals surface area contributed by atoms with Crippen molar-refractivity contribution in [1.82, 2.24) is 5.32 Å². The molecule has 0 radical (unpaired) electrons. The van der Waals surface area contributed by atoms with Crippen LogP contribution in [0.15, 0.2) is 24.3 Å². The lowest BCUT2D eigenvalue weighted by molar-refractivity contribution is 0.0278. The van der Waals surface area contributed by atoms with E-state index in [1.807, 2.05) is 12.1 Å². The Balaban J connectivity index is 1.88. The molecule has 1 fully saturated rings. The van der Waals surface area contributed by atoms with Crippen LogP contribution in [0.1, 0.15) is 25.3 Å². The standard InChI is InChI=1S/C13H20N2O/c1-13(7-2-8-16-10-13)15-9-11-3-5-12(14)6-4-11/h3-6,15H,2,7-10,14H2,1H3. The van der Waals surface area contributed by atoms with Crippen molar-refractivity contribution in [3.8, 4) is 0 Å². The van der Waals surface area contributed by atoms with Gasteiger partial charge in [-0.15, -0.1) is 0 Å². The minimum atomic E-state index is 0.125. The lowest BCUT2D eigenvalue weighted by Crippen LogP contribution is -2.48. The quantitative estimate of drug-likeness (QED) is 0.765. The molecule has 1 aromatic rings. The van der Waals surface area contributed by atoms with E-state index in [1.165, 1.54) is 12.0 Å². The van der Waals surface area contributed by atoms with E-state index in [1.54, 1.807) is 0 Å².